The molecule has 0 bridgehead atoms. The predicted octanol–water partition coefficient (Wildman–Crippen LogP) is 12.9. The van der Waals surface area contributed by atoms with Gasteiger partial charge in [-0.25, -0.2) is 0 Å². The van der Waals surface area contributed by atoms with Gasteiger partial charge in [-0.15, -0.1) is 0 Å². The first kappa shape index (κ1) is 29.3. The molecular weight excluding hydrogens is 657 g/mol. The fraction of sp³-hybridized carbons (Fsp3) is 0. The van der Waals surface area contributed by atoms with Gasteiger partial charge in [0.15, 0.2) is 0 Å². The zero-order valence-electron chi connectivity index (χ0n) is 29.3. The zero-order valence-corrected chi connectivity index (χ0v) is 29.3. The second-order valence-electron chi connectivity index (χ2n) is 14.2. The normalized spacial score (nSPS) is 12.1. The van der Waals surface area contributed by atoms with Crippen LogP contribution in [0.1, 0.15) is 0 Å². The summed E-state index contributed by atoms with van der Waals surface area (Å²) in [5, 5.41) is 7.42. The van der Waals surface area contributed by atoms with Gasteiger partial charge in [-0.3, -0.25) is 0 Å². The number of hydrogen-bond donors (Lipinski definition) is 0. The van der Waals surface area contributed by atoms with Gasteiger partial charge in [0.25, 0.3) is 0 Å². The molecule has 0 spiro atoms. The van der Waals surface area contributed by atoms with Crippen molar-refractivity contribution in [3.05, 3.63) is 194 Å². The largest absolute Gasteiger partial charge is 0.309 e. The molecule has 0 amide bonds. The lowest BCUT2D eigenvalue weighted by atomic mass is 10.1. The van der Waals surface area contributed by atoms with E-state index in [0.717, 1.165) is 22.7 Å². The van der Waals surface area contributed by atoms with E-state index >= 15 is 0 Å². The van der Waals surface area contributed by atoms with Crippen LogP contribution in [0, 0.1) is 0 Å². The van der Waals surface area contributed by atoms with E-state index in [-0.39, 0.29) is 0 Å². The van der Waals surface area contributed by atoms with Crippen molar-refractivity contribution in [2.45, 2.75) is 0 Å². The molecule has 8 aromatic carbocycles. The molecule has 12 aromatic rings. The molecule has 0 unspecified atom stereocenters. The summed E-state index contributed by atoms with van der Waals surface area (Å²) in [6, 6.07) is 70.6. The highest BCUT2D eigenvalue weighted by atomic mass is 15.1. The lowest BCUT2D eigenvalue weighted by molar-refractivity contribution is 1.16. The van der Waals surface area contributed by atoms with Crippen LogP contribution in [-0.4, -0.2) is 18.3 Å². The van der Waals surface area contributed by atoms with Crippen molar-refractivity contribution in [1.82, 2.24) is 18.3 Å². The van der Waals surface area contributed by atoms with E-state index in [0.29, 0.717) is 0 Å². The molecule has 0 fully saturated rings. The first-order valence-corrected chi connectivity index (χ1v) is 18.5. The Morgan fingerprint density at radius 2 is 0.519 bits per heavy atom. The van der Waals surface area contributed by atoms with Crippen molar-refractivity contribution in [3.8, 4) is 22.7 Å². The molecule has 0 radical (unpaired) electrons. The van der Waals surface area contributed by atoms with Crippen molar-refractivity contribution in [1.29, 1.82) is 0 Å². The SMILES string of the molecule is c1ccc(-n2c3ccccc3c3cc(-n4c5ccccc5c5c4c4ccccc4n5-c4ccc5c(c4)c4ccccc4n5-c4ccccc4)ccc32)cc1. The van der Waals surface area contributed by atoms with Gasteiger partial charge in [0.1, 0.15) is 0 Å². The maximum absolute atomic E-state index is 2.48. The quantitative estimate of drug-likeness (QED) is 0.175. The summed E-state index contributed by atoms with van der Waals surface area (Å²) in [6.45, 7) is 0. The lowest BCUT2D eigenvalue weighted by Crippen LogP contribution is -1.95. The first-order chi connectivity index (χ1) is 26.8. The summed E-state index contributed by atoms with van der Waals surface area (Å²) in [6.07, 6.45) is 0. The van der Waals surface area contributed by atoms with Crippen LogP contribution in [0.2, 0.25) is 0 Å². The molecule has 4 nitrogen and oxygen atoms in total. The highest BCUT2D eigenvalue weighted by molar-refractivity contribution is 6.21. The van der Waals surface area contributed by atoms with Gasteiger partial charge >= 0.3 is 0 Å². The number of rotatable bonds is 4. The average Bonchev–Trinajstić information content (AvgIpc) is 3.96. The van der Waals surface area contributed by atoms with E-state index in [1.165, 1.54) is 76.5 Å². The van der Waals surface area contributed by atoms with E-state index in [1.807, 2.05) is 0 Å². The molecule has 252 valence electrons. The molecule has 0 atom stereocenters. The van der Waals surface area contributed by atoms with Crippen LogP contribution in [0.3, 0.4) is 0 Å². The average molecular weight is 689 g/mol. The molecule has 4 aromatic heterocycles. The van der Waals surface area contributed by atoms with E-state index in [9.17, 15) is 0 Å². The van der Waals surface area contributed by atoms with Crippen molar-refractivity contribution in [2.24, 2.45) is 0 Å². The molecule has 0 saturated carbocycles. The Bertz CT molecular complexity index is 3200. The summed E-state index contributed by atoms with van der Waals surface area (Å²) in [5.41, 5.74) is 14.2. The fourth-order valence-electron chi connectivity index (χ4n) is 9.13. The Hall–Kier alpha value is -7.30. The van der Waals surface area contributed by atoms with Crippen molar-refractivity contribution in [2.75, 3.05) is 0 Å². The van der Waals surface area contributed by atoms with Gasteiger partial charge in [0.05, 0.1) is 44.1 Å². The maximum Gasteiger partial charge on any atom is 0.0803 e. The maximum atomic E-state index is 2.48. The van der Waals surface area contributed by atoms with Crippen LogP contribution < -0.4 is 0 Å². The van der Waals surface area contributed by atoms with Crippen LogP contribution in [-0.2, 0) is 0 Å². The topological polar surface area (TPSA) is 19.7 Å². The van der Waals surface area contributed by atoms with Crippen molar-refractivity contribution >= 4 is 76.5 Å². The van der Waals surface area contributed by atoms with Crippen LogP contribution in [0.5, 0.6) is 0 Å². The minimum Gasteiger partial charge on any atom is -0.309 e. The number of para-hydroxylation sites is 6. The van der Waals surface area contributed by atoms with Crippen LogP contribution in [0.15, 0.2) is 194 Å². The second-order valence-corrected chi connectivity index (χ2v) is 14.2. The Kier molecular flexibility index (Phi) is 6.02. The molecule has 0 aliphatic rings. The number of benzene rings is 8. The van der Waals surface area contributed by atoms with Crippen LogP contribution in [0.4, 0.5) is 0 Å². The number of nitrogens with zero attached hydrogens (tertiary/aromatic N) is 4. The number of fused-ring (bicyclic) bond motifs is 11. The highest BCUT2D eigenvalue weighted by Crippen LogP contribution is 2.43. The van der Waals surface area contributed by atoms with Crippen LogP contribution in [0.25, 0.3) is 99.2 Å². The third-order valence-electron chi connectivity index (χ3n) is 11.3. The van der Waals surface area contributed by atoms with E-state index in [4.69, 9.17) is 0 Å². The smallest absolute Gasteiger partial charge is 0.0803 e. The standard InChI is InChI=1S/C50H32N4/c1-3-15-33(16-4-1)51-43-23-11-7-19-37(43)41-31-35(27-29-47(41)51)53-45-25-13-9-21-39(45)50-49(53)40-22-10-14-26-46(40)54(50)36-28-30-48-42(32-36)38-20-8-12-24-44(38)52(48)34-17-5-2-6-18-34/h1-32H. The minimum atomic E-state index is 1.15. The number of hydrogen-bond acceptors (Lipinski definition) is 0. The monoisotopic (exact) mass is 688 g/mol. The first-order valence-electron chi connectivity index (χ1n) is 18.5. The number of aromatic nitrogens is 4. The van der Waals surface area contributed by atoms with Gasteiger partial charge in [-0.05, 0) is 84.9 Å². The lowest BCUT2D eigenvalue weighted by Gasteiger charge is -2.11. The van der Waals surface area contributed by atoms with Gasteiger partial charge in [-0.1, -0.05) is 109 Å². The van der Waals surface area contributed by atoms with E-state index in [2.05, 4.69) is 212 Å². The Balaban J connectivity index is 1.16. The second kappa shape index (κ2) is 11.1. The molecule has 12 rings (SSSR count). The van der Waals surface area contributed by atoms with Gasteiger partial charge in [0, 0.05) is 55.1 Å². The summed E-state index contributed by atoms with van der Waals surface area (Å²) in [4.78, 5) is 0. The molecule has 4 heterocycles. The van der Waals surface area contributed by atoms with Crippen LogP contribution >= 0.6 is 0 Å². The third kappa shape index (κ3) is 3.97. The molecule has 0 saturated heterocycles. The Morgan fingerprint density at radius 1 is 0.204 bits per heavy atom. The van der Waals surface area contributed by atoms with E-state index in [1.54, 1.807) is 0 Å². The summed E-state index contributed by atoms with van der Waals surface area (Å²) in [5.74, 6) is 0. The summed E-state index contributed by atoms with van der Waals surface area (Å²) in [7, 11) is 0. The van der Waals surface area contributed by atoms with E-state index < -0.39 is 0 Å². The summed E-state index contributed by atoms with van der Waals surface area (Å²) >= 11 is 0. The van der Waals surface area contributed by atoms with Gasteiger partial charge in [0.2, 0.25) is 0 Å². The summed E-state index contributed by atoms with van der Waals surface area (Å²) < 4.78 is 9.73. The zero-order chi connectivity index (χ0) is 35.3. The van der Waals surface area contributed by atoms with Crippen molar-refractivity contribution < 1.29 is 0 Å². The molecule has 0 aliphatic heterocycles. The Labute approximate surface area is 310 Å². The fourth-order valence-corrected chi connectivity index (χ4v) is 9.13. The molecule has 0 aliphatic carbocycles. The van der Waals surface area contributed by atoms with Crippen molar-refractivity contribution in [3.63, 3.8) is 0 Å². The van der Waals surface area contributed by atoms with Gasteiger partial charge in [-0.2, -0.15) is 0 Å². The highest BCUT2D eigenvalue weighted by Gasteiger charge is 2.23. The molecular formula is C50H32N4. The predicted molar refractivity (Wildman–Crippen MR) is 226 cm³/mol. The third-order valence-corrected chi connectivity index (χ3v) is 11.3. The van der Waals surface area contributed by atoms with Gasteiger partial charge < -0.3 is 18.3 Å². The Morgan fingerprint density at radius 3 is 0.926 bits per heavy atom. The molecule has 0 N–H and O–H groups in total. The molecule has 54 heavy (non-hydrogen) atoms. The minimum absolute atomic E-state index is 1.15. The molecule has 4 heteroatoms.